The second-order valence-electron chi connectivity index (χ2n) is 8.24. The highest BCUT2D eigenvalue weighted by Gasteiger charge is 2.35. The van der Waals surface area contributed by atoms with E-state index in [1.165, 1.54) is 6.07 Å². The third kappa shape index (κ3) is 10.9. The number of carboxylic acid groups (broad SMARTS) is 2. The van der Waals surface area contributed by atoms with Crippen molar-refractivity contribution >= 4 is 11.9 Å². The molecule has 2 atom stereocenters. The van der Waals surface area contributed by atoms with Crippen LogP contribution in [0.5, 0.6) is 0 Å². The van der Waals surface area contributed by atoms with Gasteiger partial charge in [-0.2, -0.15) is 13.2 Å². The minimum atomic E-state index is -4.56. The van der Waals surface area contributed by atoms with Crippen LogP contribution in [-0.4, -0.2) is 87.9 Å². The normalized spacial score (nSPS) is 16.5. The van der Waals surface area contributed by atoms with Gasteiger partial charge in [0.05, 0.1) is 18.3 Å². The van der Waals surface area contributed by atoms with Crippen LogP contribution < -0.4 is 5.32 Å². The number of hydrogen-bond acceptors (Lipinski definition) is 7. The van der Waals surface area contributed by atoms with Crippen LogP contribution >= 0.6 is 0 Å². The molecule has 1 aliphatic rings. The van der Waals surface area contributed by atoms with Crippen LogP contribution in [0.2, 0.25) is 0 Å². The number of aliphatic hydroxyl groups excluding tert-OH is 2. The number of hydrogen-bond donors (Lipinski definition) is 5. The van der Waals surface area contributed by atoms with Gasteiger partial charge in [-0.15, -0.1) is 0 Å². The summed E-state index contributed by atoms with van der Waals surface area (Å²) in [5, 5.41) is 35.8. The molecule has 1 aromatic carbocycles. The second-order valence-corrected chi connectivity index (χ2v) is 8.24. The van der Waals surface area contributed by atoms with Crippen LogP contribution in [0, 0.1) is 5.82 Å². The van der Waals surface area contributed by atoms with Crippen molar-refractivity contribution in [2.75, 3.05) is 26.2 Å². The lowest BCUT2D eigenvalue weighted by molar-refractivity contribution is -0.165. The fourth-order valence-electron chi connectivity index (χ4n) is 3.41. The summed E-state index contributed by atoms with van der Waals surface area (Å²) in [7, 11) is 0. The molecule has 1 heterocycles. The van der Waals surface area contributed by atoms with Crippen molar-refractivity contribution in [2.24, 2.45) is 0 Å². The van der Waals surface area contributed by atoms with Gasteiger partial charge in [-0.25, -0.2) is 14.0 Å². The molecule has 0 aromatic heterocycles. The first-order valence-electron chi connectivity index (χ1n) is 11.0. The smallest absolute Gasteiger partial charge is 0.416 e. The number of alkyl halides is 3. The average Bonchev–Trinajstić information content (AvgIpc) is 2.78. The van der Waals surface area contributed by atoms with Crippen LogP contribution in [0.25, 0.3) is 0 Å². The first-order valence-corrected chi connectivity index (χ1v) is 11.0. The molecule has 9 nitrogen and oxygen atoms in total. The van der Waals surface area contributed by atoms with Crippen molar-refractivity contribution in [3.05, 3.63) is 35.1 Å². The van der Waals surface area contributed by atoms with Gasteiger partial charge in [-0.1, -0.05) is 6.07 Å². The highest BCUT2D eigenvalue weighted by molar-refractivity contribution is 5.83. The Morgan fingerprint density at radius 2 is 1.66 bits per heavy atom. The molecule has 2 rings (SSSR count). The maximum atomic E-state index is 13.3. The summed E-state index contributed by atoms with van der Waals surface area (Å²) in [6, 6.07) is 3.12. The maximum absolute atomic E-state index is 13.3. The van der Waals surface area contributed by atoms with Crippen LogP contribution in [0.15, 0.2) is 18.2 Å². The maximum Gasteiger partial charge on any atom is 0.416 e. The quantitative estimate of drug-likeness (QED) is 0.297. The van der Waals surface area contributed by atoms with Gasteiger partial charge >= 0.3 is 18.1 Å². The van der Waals surface area contributed by atoms with Gasteiger partial charge in [-0.3, -0.25) is 4.90 Å². The number of nitrogens with zero attached hydrogens (tertiary/aromatic N) is 1. The fraction of sp³-hybridized carbons (Fsp3) is 0.636. The molecular formula is C22H32F4N2O7. The van der Waals surface area contributed by atoms with E-state index in [1.807, 2.05) is 18.7 Å². The molecule has 0 spiro atoms. The summed E-state index contributed by atoms with van der Waals surface area (Å²) in [5.41, 5.74) is -0.784. The van der Waals surface area contributed by atoms with Crippen molar-refractivity contribution in [1.82, 2.24) is 10.2 Å². The van der Waals surface area contributed by atoms with E-state index in [9.17, 15) is 27.2 Å². The van der Waals surface area contributed by atoms with Crippen LogP contribution in [0.1, 0.15) is 37.8 Å². The zero-order valence-corrected chi connectivity index (χ0v) is 19.5. The van der Waals surface area contributed by atoms with Gasteiger partial charge in [0.25, 0.3) is 0 Å². The molecule has 13 heteroatoms. The summed E-state index contributed by atoms with van der Waals surface area (Å²) < 4.78 is 58.7. The number of piperidine rings is 1. The first kappa shape index (κ1) is 30.7. The lowest BCUT2D eigenvalue weighted by Gasteiger charge is -2.35. The number of aliphatic hydroxyl groups is 2. The fourth-order valence-corrected chi connectivity index (χ4v) is 3.41. The van der Waals surface area contributed by atoms with E-state index < -0.39 is 41.7 Å². The molecule has 200 valence electrons. The van der Waals surface area contributed by atoms with E-state index in [0.717, 1.165) is 32.0 Å². The molecule has 35 heavy (non-hydrogen) atoms. The van der Waals surface area contributed by atoms with Crippen molar-refractivity contribution in [3.63, 3.8) is 0 Å². The third-order valence-electron chi connectivity index (χ3n) is 5.21. The number of carbonyl (C=O) groups is 2. The van der Waals surface area contributed by atoms with Crippen molar-refractivity contribution in [1.29, 1.82) is 0 Å². The molecule has 1 aromatic rings. The van der Waals surface area contributed by atoms with Gasteiger partial charge in [0.15, 0.2) is 12.2 Å². The van der Waals surface area contributed by atoms with E-state index in [4.69, 9.17) is 25.2 Å². The molecule has 0 unspecified atom stereocenters. The Labute approximate surface area is 200 Å². The van der Waals surface area contributed by atoms with Crippen LogP contribution in [-0.2, 0) is 27.0 Å². The van der Waals surface area contributed by atoms with Crippen LogP contribution in [0.3, 0.4) is 0 Å². The van der Waals surface area contributed by atoms with Gasteiger partial charge in [0, 0.05) is 19.1 Å². The highest BCUT2D eigenvalue weighted by Crippen LogP contribution is 2.33. The first-order chi connectivity index (χ1) is 16.2. The zero-order chi connectivity index (χ0) is 26.8. The van der Waals surface area contributed by atoms with E-state index in [0.29, 0.717) is 19.2 Å². The molecule has 1 aliphatic heterocycles. The van der Waals surface area contributed by atoms with Gasteiger partial charge in [0.2, 0.25) is 0 Å². The second kappa shape index (κ2) is 14.3. The summed E-state index contributed by atoms with van der Waals surface area (Å²) >= 11 is 0. The molecule has 0 saturated carbocycles. The third-order valence-corrected chi connectivity index (χ3v) is 5.21. The van der Waals surface area contributed by atoms with E-state index in [1.54, 1.807) is 0 Å². The molecule has 0 aliphatic carbocycles. The Hall–Kier alpha value is -2.32. The number of halogens is 4. The van der Waals surface area contributed by atoms with E-state index in [-0.39, 0.29) is 24.3 Å². The topological polar surface area (TPSA) is 140 Å². The van der Waals surface area contributed by atoms with Crippen molar-refractivity contribution < 1.29 is 52.3 Å². The Morgan fingerprint density at radius 3 is 2.11 bits per heavy atom. The summed E-state index contributed by atoms with van der Waals surface area (Å²) in [6.45, 7) is 6.71. The van der Waals surface area contributed by atoms with Crippen molar-refractivity contribution in [3.8, 4) is 0 Å². The molecular weight excluding hydrogens is 480 g/mol. The molecule has 1 fully saturated rings. The standard InChI is InChI=1S/C18H26F4N2O.C4H6O6/c1-13(2)25-10-9-24(16-5-7-23-8-6-16)12-14-3-4-15(19)11-17(14)18(20,21)22;5-1(3(7)8)2(6)4(9)10/h3-4,11,13,16,23H,5-10,12H2,1-2H3;1-2,5-6H,(H,7,8)(H,9,10)/t;1-,2-/m.1/s1. The molecule has 5 N–H and O–H groups in total. The van der Waals surface area contributed by atoms with Crippen LogP contribution in [0.4, 0.5) is 17.6 Å². The van der Waals surface area contributed by atoms with Gasteiger partial charge < -0.3 is 30.5 Å². The Balaban J connectivity index is 0.000000518. The molecule has 1 saturated heterocycles. The Bertz CT molecular complexity index is 799. The predicted molar refractivity (Wildman–Crippen MR) is 116 cm³/mol. The number of carboxylic acids is 2. The monoisotopic (exact) mass is 512 g/mol. The number of ether oxygens (including phenoxy) is 1. The minimum Gasteiger partial charge on any atom is -0.479 e. The lowest BCUT2D eigenvalue weighted by atomic mass is 10.0. The average molecular weight is 512 g/mol. The Kier molecular flexibility index (Phi) is 12.5. The molecule has 0 amide bonds. The van der Waals surface area contributed by atoms with Gasteiger partial charge in [0.1, 0.15) is 5.82 Å². The van der Waals surface area contributed by atoms with Crippen molar-refractivity contribution in [2.45, 2.75) is 63.8 Å². The highest BCUT2D eigenvalue weighted by atomic mass is 19.4. The molecule has 0 bridgehead atoms. The van der Waals surface area contributed by atoms with Gasteiger partial charge in [-0.05, 0) is 57.5 Å². The van der Waals surface area contributed by atoms with E-state index >= 15 is 0 Å². The zero-order valence-electron chi connectivity index (χ0n) is 19.5. The lowest BCUT2D eigenvalue weighted by Crippen LogP contribution is -2.44. The number of benzene rings is 1. The summed E-state index contributed by atoms with van der Waals surface area (Å²) in [6.07, 6.45) is -7.26. The Morgan fingerprint density at radius 1 is 1.11 bits per heavy atom. The SMILES string of the molecule is CC(C)OCCN(Cc1ccc(F)cc1C(F)(F)F)C1CCNCC1.O=C(O)[C@H](O)[C@@H](O)C(=O)O. The summed E-state index contributed by atoms with van der Waals surface area (Å²) in [5.74, 6) is -4.41. The number of aliphatic carboxylic acids is 2. The number of rotatable bonds is 10. The number of nitrogens with one attached hydrogen (secondary N) is 1. The van der Waals surface area contributed by atoms with E-state index in [2.05, 4.69) is 5.32 Å². The predicted octanol–water partition coefficient (Wildman–Crippen LogP) is 1.70. The largest absolute Gasteiger partial charge is 0.479 e. The summed E-state index contributed by atoms with van der Waals surface area (Å²) in [4.78, 5) is 21.6. The molecule has 0 radical (unpaired) electrons. The minimum absolute atomic E-state index is 0.0754.